The van der Waals surface area contributed by atoms with Gasteiger partial charge in [0, 0.05) is 13.2 Å². The van der Waals surface area contributed by atoms with Gasteiger partial charge in [-0.15, -0.1) is 0 Å². The fourth-order valence-electron chi connectivity index (χ4n) is 1.98. The molecule has 0 amide bonds. The highest BCUT2D eigenvalue weighted by atomic mass is 16.7. The summed E-state index contributed by atoms with van der Waals surface area (Å²) in [6, 6.07) is 0. The van der Waals surface area contributed by atoms with Crippen LogP contribution in [0.4, 0.5) is 0 Å². The summed E-state index contributed by atoms with van der Waals surface area (Å²) in [7, 11) is -0.937. The van der Waals surface area contributed by atoms with Gasteiger partial charge in [-0.1, -0.05) is 0 Å². The first kappa shape index (κ1) is 14.3. The van der Waals surface area contributed by atoms with Crippen molar-refractivity contribution in [3.8, 4) is 0 Å². The Hall–Kier alpha value is -0.110. The lowest BCUT2D eigenvalue weighted by atomic mass is 9.48. The zero-order valence-electron chi connectivity index (χ0n) is 11.0. The molecule has 0 bridgehead atoms. The Kier molecular flexibility index (Phi) is 5.94. The maximum Gasteiger partial charge on any atom is 0.488 e. The molecule has 0 unspecified atom stereocenters. The van der Waals surface area contributed by atoms with Crippen LogP contribution in [0.3, 0.4) is 0 Å². The maximum absolute atomic E-state index is 5.54. The van der Waals surface area contributed by atoms with E-state index in [1.54, 1.807) is 0 Å². The molecule has 2 saturated heterocycles. The lowest BCUT2D eigenvalue weighted by molar-refractivity contribution is -0.0529. The molecule has 0 saturated carbocycles. The Morgan fingerprint density at radius 3 is 1.39 bits per heavy atom. The Morgan fingerprint density at radius 1 is 0.778 bits per heavy atom. The maximum atomic E-state index is 5.54. The van der Waals surface area contributed by atoms with Gasteiger partial charge >= 0.3 is 14.0 Å². The molecule has 0 aliphatic carbocycles. The molecule has 102 valence electrons. The Bertz CT molecular complexity index is 204. The van der Waals surface area contributed by atoms with Gasteiger partial charge in [0.1, 0.15) is 12.2 Å². The molecule has 0 atom stereocenters. The standard InChI is InChI=1S/C10H20B2O6/c1-3-13-9-5-15-11(16-6-9)12-17-7-10(8-18-12)14-4-2/h9-10H,3-8H2,1-2H3. The summed E-state index contributed by atoms with van der Waals surface area (Å²) in [5, 5.41) is 0. The average molecular weight is 258 g/mol. The molecule has 0 radical (unpaired) electrons. The predicted molar refractivity (Wildman–Crippen MR) is 66.1 cm³/mol. The second-order valence-corrected chi connectivity index (χ2v) is 4.22. The van der Waals surface area contributed by atoms with Crippen molar-refractivity contribution in [2.75, 3.05) is 39.6 Å². The van der Waals surface area contributed by atoms with Crippen molar-refractivity contribution in [3.05, 3.63) is 0 Å². The molecule has 2 heterocycles. The molecule has 0 aromatic rings. The zero-order chi connectivity index (χ0) is 12.8. The smallest absolute Gasteiger partial charge is 0.410 e. The van der Waals surface area contributed by atoms with Crippen LogP contribution in [0.5, 0.6) is 0 Å². The average Bonchev–Trinajstić information content (AvgIpc) is 2.41. The van der Waals surface area contributed by atoms with Crippen LogP contribution in [-0.4, -0.2) is 65.9 Å². The van der Waals surface area contributed by atoms with Crippen LogP contribution in [0.25, 0.3) is 0 Å². The SMILES string of the molecule is CCOC1COB(B2OCC(OCC)CO2)OC1. The third kappa shape index (κ3) is 3.94. The van der Waals surface area contributed by atoms with Crippen molar-refractivity contribution in [1.82, 2.24) is 0 Å². The molecule has 18 heavy (non-hydrogen) atoms. The normalized spacial score (nSPS) is 23.7. The summed E-state index contributed by atoms with van der Waals surface area (Å²) in [5.41, 5.74) is 0. The van der Waals surface area contributed by atoms with Gasteiger partial charge in [0.25, 0.3) is 0 Å². The van der Waals surface area contributed by atoms with Crippen LogP contribution in [0, 0.1) is 0 Å². The van der Waals surface area contributed by atoms with Crippen LogP contribution in [0.1, 0.15) is 13.8 Å². The number of ether oxygens (including phenoxy) is 2. The van der Waals surface area contributed by atoms with Gasteiger partial charge in [-0.25, -0.2) is 0 Å². The molecule has 0 spiro atoms. The van der Waals surface area contributed by atoms with Gasteiger partial charge in [-0.05, 0) is 13.8 Å². The van der Waals surface area contributed by atoms with Gasteiger partial charge in [0.05, 0.1) is 26.4 Å². The molecule has 2 fully saturated rings. The van der Waals surface area contributed by atoms with E-state index in [9.17, 15) is 0 Å². The van der Waals surface area contributed by atoms with E-state index in [4.69, 9.17) is 28.1 Å². The quantitative estimate of drug-likeness (QED) is 0.644. The first-order chi connectivity index (χ1) is 8.83. The van der Waals surface area contributed by atoms with E-state index in [1.807, 2.05) is 13.8 Å². The van der Waals surface area contributed by atoms with Crippen molar-refractivity contribution >= 4 is 14.0 Å². The molecule has 2 rings (SSSR count). The van der Waals surface area contributed by atoms with Crippen LogP contribution in [-0.2, 0) is 28.1 Å². The third-order valence-electron chi connectivity index (χ3n) is 2.81. The van der Waals surface area contributed by atoms with E-state index in [1.165, 1.54) is 0 Å². The molecule has 2 aliphatic heterocycles. The van der Waals surface area contributed by atoms with Crippen LogP contribution in [0.2, 0.25) is 0 Å². The van der Waals surface area contributed by atoms with Gasteiger partial charge < -0.3 is 28.1 Å². The summed E-state index contributed by atoms with van der Waals surface area (Å²) in [5.74, 6) is 0. The van der Waals surface area contributed by atoms with Gasteiger partial charge in [-0.2, -0.15) is 0 Å². The fourth-order valence-corrected chi connectivity index (χ4v) is 1.98. The van der Waals surface area contributed by atoms with Gasteiger partial charge in [0.15, 0.2) is 0 Å². The van der Waals surface area contributed by atoms with Crippen LogP contribution < -0.4 is 0 Å². The van der Waals surface area contributed by atoms with Crippen LogP contribution in [0.15, 0.2) is 0 Å². The molecule has 0 N–H and O–H groups in total. The van der Waals surface area contributed by atoms with Crippen molar-refractivity contribution < 1.29 is 28.1 Å². The summed E-state index contributed by atoms with van der Waals surface area (Å²) < 4.78 is 33.0. The number of hydrogen-bond acceptors (Lipinski definition) is 6. The summed E-state index contributed by atoms with van der Waals surface area (Å²) in [6.45, 7) is 7.27. The van der Waals surface area contributed by atoms with Crippen LogP contribution >= 0.6 is 0 Å². The summed E-state index contributed by atoms with van der Waals surface area (Å²) in [4.78, 5) is 0. The Labute approximate surface area is 108 Å². The predicted octanol–water partition coefficient (Wildman–Crippen LogP) is -0.0550. The minimum absolute atomic E-state index is 0.00557. The highest BCUT2D eigenvalue weighted by Gasteiger charge is 2.45. The second kappa shape index (κ2) is 7.47. The summed E-state index contributed by atoms with van der Waals surface area (Å²) >= 11 is 0. The monoisotopic (exact) mass is 258 g/mol. The van der Waals surface area contributed by atoms with Crippen molar-refractivity contribution in [3.63, 3.8) is 0 Å². The molecular formula is C10H20B2O6. The number of hydrogen-bond donors (Lipinski definition) is 0. The first-order valence-corrected chi connectivity index (χ1v) is 6.53. The molecule has 8 heteroatoms. The molecule has 0 aromatic heterocycles. The van der Waals surface area contributed by atoms with E-state index in [0.717, 1.165) is 0 Å². The topological polar surface area (TPSA) is 55.4 Å². The highest BCUT2D eigenvalue weighted by molar-refractivity contribution is 7.10. The molecule has 6 nitrogen and oxygen atoms in total. The lowest BCUT2D eigenvalue weighted by Crippen LogP contribution is -2.56. The summed E-state index contributed by atoms with van der Waals surface area (Å²) in [6.07, 6.45) is 0.0111. The molecular weight excluding hydrogens is 238 g/mol. The number of rotatable bonds is 5. The van der Waals surface area contributed by atoms with Crippen molar-refractivity contribution in [1.29, 1.82) is 0 Å². The van der Waals surface area contributed by atoms with Gasteiger partial charge in [0.2, 0.25) is 0 Å². The van der Waals surface area contributed by atoms with Gasteiger partial charge in [-0.3, -0.25) is 0 Å². The first-order valence-electron chi connectivity index (χ1n) is 6.53. The lowest BCUT2D eigenvalue weighted by Gasteiger charge is -2.32. The largest absolute Gasteiger partial charge is 0.488 e. The van der Waals surface area contributed by atoms with E-state index in [2.05, 4.69) is 0 Å². The second-order valence-electron chi connectivity index (χ2n) is 4.22. The molecule has 0 aromatic carbocycles. The molecule has 2 aliphatic rings. The third-order valence-corrected chi connectivity index (χ3v) is 2.81. The van der Waals surface area contributed by atoms with Crippen molar-refractivity contribution in [2.24, 2.45) is 0 Å². The minimum atomic E-state index is -0.468. The highest BCUT2D eigenvalue weighted by Crippen LogP contribution is 2.13. The Morgan fingerprint density at radius 2 is 1.11 bits per heavy atom. The van der Waals surface area contributed by atoms with E-state index < -0.39 is 14.0 Å². The Balaban J connectivity index is 1.68. The van der Waals surface area contributed by atoms with E-state index >= 15 is 0 Å². The minimum Gasteiger partial charge on any atom is -0.410 e. The van der Waals surface area contributed by atoms with E-state index in [0.29, 0.717) is 39.6 Å². The van der Waals surface area contributed by atoms with E-state index in [-0.39, 0.29) is 12.2 Å². The fraction of sp³-hybridized carbons (Fsp3) is 1.00. The van der Waals surface area contributed by atoms with Crippen molar-refractivity contribution in [2.45, 2.75) is 26.1 Å². The zero-order valence-corrected chi connectivity index (χ0v) is 11.0.